The lowest BCUT2D eigenvalue weighted by atomic mass is 9.82. The number of aliphatic hydroxyl groups is 2. The fraction of sp³-hybridized carbons (Fsp3) is 0.629. The van der Waals surface area contributed by atoms with Gasteiger partial charge in [-0.15, -0.1) is 24.7 Å². The molecule has 0 aliphatic heterocycles. The zero-order valence-electron chi connectivity index (χ0n) is 26.7. The molecule has 242 valence electrons. The Morgan fingerprint density at radius 3 is 2.23 bits per heavy atom. The van der Waals surface area contributed by atoms with Crippen LogP contribution >= 0.6 is 0 Å². The summed E-state index contributed by atoms with van der Waals surface area (Å²) in [5.41, 5.74) is 0.893. The van der Waals surface area contributed by atoms with Crippen molar-refractivity contribution in [3.8, 4) is 24.7 Å². The van der Waals surface area contributed by atoms with E-state index < -0.39 is 42.0 Å². The van der Waals surface area contributed by atoms with E-state index in [1.54, 1.807) is 11.9 Å². The SMILES string of the molecule is C#CC[C@H](NC(=O)[C@@H](CC(=O)N(C)CCN(C)CC)Cc1ccccc1)C(=O)NC(CC1CCCCC1)[C@@H](O)[C@@H](O)CC#C. The molecule has 1 fully saturated rings. The lowest BCUT2D eigenvalue weighted by molar-refractivity contribution is -0.136. The van der Waals surface area contributed by atoms with Gasteiger partial charge in [-0.1, -0.05) is 69.4 Å². The first-order valence-corrected chi connectivity index (χ1v) is 15.9. The molecule has 1 saturated carbocycles. The molecule has 1 aromatic carbocycles. The third kappa shape index (κ3) is 12.7. The van der Waals surface area contributed by atoms with E-state index in [4.69, 9.17) is 12.8 Å². The molecule has 0 radical (unpaired) electrons. The highest BCUT2D eigenvalue weighted by atomic mass is 16.3. The monoisotopic (exact) mass is 608 g/mol. The quantitative estimate of drug-likeness (QED) is 0.190. The molecule has 3 amide bonds. The van der Waals surface area contributed by atoms with Gasteiger partial charge in [0.2, 0.25) is 17.7 Å². The van der Waals surface area contributed by atoms with Crippen molar-refractivity contribution in [1.82, 2.24) is 20.4 Å². The highest BCUT2D eigenvalue weighted by Gasteiger charge is 2.33. The summed E-state index contributed by atoms with van der Waals surface area (Å²) in [5.74, 6) is 3.22. The van der Waals surface area contributed by atoms with Crippen LogP contribution in [0.25, 0.3) is 0 Å². The Bertz CT molecular complexity index is 1110. The fourth-order valence-electron chi connectivity index (χ4n) is 5.60. The molecule has 0 saturated heterocycles. The zero-order valence-corrected chi connectivity index (χ0v) is 26.7. The minimum atomic E-state index is -1.27. The van der Waals surface area contributed by atoms with Crippen molar-refractivity contribution in [2.24, 2.45) is 11.8 Å². The average Bonchev–Trinajstić information content (AvgIpc) is 3.03. The molecule has 0 aromatic heterocycles. The van der Waals surface area contributed by atoms with Gasteiger partial charge >= 0.3 is 0 Å². The number of hydrogen-bond acceptors (Lipinski definition) is 6. The topological polar surface area (TPSA) is 122 Å². The first-order chi connectivity index (χ1) is 21.1. The molecule has 1 unspecified atom stereocenters. The minimum Gasteiger partial charge on any atom is -0.389 e. The van der Waals surface area contributed by atoms with Crippen LogP contribution in [-0.4, -0.2) is 95.8 Å². The van der Waals surface area contributed by atoms with Gasteiger partial charge in [-0.3, -0.25) is 14.4 Å². The molecule has 9 heteroatoms. The molecule has 4 N–H and O–H groups in total. The van der Waals surface area contributed by atoms with Crippen molar-refractivity contribution < 1.29 is 24.6 Å². The number of amides is 3. The number of nitrogens with zero attached hydrogens (tertiary/aromatic N) is 2. The Morgan fingerprint density at radius 2 is 1.61 bits per heavy atom. The number of benzene rings is 1. The van der Waals surface area contributed by atoms with Gasteiger partial charge < -0.3 is 30.6 Å². The van der Waals surface area contributed by atoms with Gasteiger partial charge in [-0.2, -0.15) is 0 Å². The molecular weight excluding hydrogens is 556 g/mol. The molecule has 0 spiro atoms. The number of terminal acetylenes is 2. The predicted molar refractivity (Wildman–Crippen MR) is 173 cm³/mol. The van der Waals surface area contributed by atoms with Crippen molar-refractivity contribution in [3.05, 3.63) is 35.9 Å². The molecule has 44 heavy (non-hydrogen) atoms. The van der Waals surface area contributed by atoms with Gasteiger partial charge in [0.1, 0.15) is 12.1 Å². The van der Waals surface area contributed by atoms with Gasteiger partial charge in [-0.25, -0.2) is 0 Å². The normalized spacial score (nSPS) is 16.9. The highest BCUT2D eigenvalue weighted by Crippen LogP contribution is 2.28. The van der Waals surface area contributed by atoms with Crippen molar-refractivity contribution in [2.45, 2.75) is 95.4 Å². The second-order valence-corrected chi connectivity index (χ2v) is 12.1. The van der Waals surface area contributed by atoms with Gasteiger partial charge in [0.15, 0.2) is 0 Å². The molecule has 0 heterocycles. The summed E-state index contributed by atoms with van der Waals surface area (Å²) < 4.78 is 0. The standard InChI is InChI=1S/C35H52N4O5/c1-6-15-29(35(44)37-30(33(42)31(40)16-7-2)24-27-19-13-10-14-20-27)36-34(43)28(23-26-17-11-9-12-18-26)25-32(41)39(5)22-21-38(4)8-3/h1-2,9,11-12,17-18,27-31,33,40,42H,8,10,13-16,19-25H2,3-5H3,(H,36,43)(H,37,44)/t28-,29+,30?,31+,33-/m1/s1. The molecule has 1 aromatic rings. The Hall–Kier alpha value is -3.37. The number of rotatable bonds is 18. The molecule has 0 bridgehead atoms. The van der Waals surface area contributed by atoms with E-state index in [9.17, 15) is 24.6 Å². The van der Waals surface area contributed by atoms with Crippen LogP contribution in [0.1, 0.15) is 70.3 Å². The Balaban J connectivity index is 2.20. The third-order valence-electron chi connectivity index (χ3n) is 8.63. The van der Waals surface area contributed by atoms with Gasteiger partial charge in [-0.05, 0) is 37.9 Å². The minimum absolute atomic E-state index is 0.0290. The first-order valence-electron chi connectivity index (χ1n) is 15.9. The summed E-state index contributed by atoms with van der Waals surface area (Å²) in [6.45, 7) is 4.15. The molecule has 1 aliphatic rings. The van der Waals surface area contributed by atoms with Gasteiger partial charge in [0.05, 0.1) is 18.1 Å². The number of aliphatic hydroxyl groups excluding tert-OH is 2. The Morgan fingerprint density at radius 1 is 0.955 bits per heavy atom. The average molecular weight is 609 g/mol. The number of hydrogen-bond donors (Lipinski definition) is 4. The van der Waals surface area contributed by atoms with Crippen LogP contribution in [-0.2, 0) is 20.8 Å². The lowest BCUT2D eigenvalue weighted by Crippen LogP contribution is -2.55. The van der Waals surface area contributed by atoms with E-state index in [1.807, 2.05) is 44.3 Å². The number of likely N-dealkylation sites (N-methyl/N-ethyl adjacent to an activating group) is 2. The fourth-order valence-corrected chi connectivity index (χ4v) is 5.60. The molecule has 9 nitrogen and oxygen atoms in total. The van der Waals surface area contributed by atoms with Crippen LogP contribution in [0, 0.1) is 36.5 Å². The van der Waals surface area contributed by atoms with E-state index >= 15 is 0 Å². The second-order valence-electron chi connectivity index (χ2n) is 12.1. The van der Waals surface area contributed by atoms with E-state index in [0.717, 1.165) is 44.2 Å². The van der Waals surface area contributed by atoms with E-state index in [0.29, 0.717) is 25.9 Å². The molecule has 5 atom stereocenters. The predicted octanol–water partition coefficient (Wildman–Crippen LogP) is 2.35. The van der Waals surface area contributed by atoms with E-state index in [-0.39, 0.29) is 31.1 Å². The van der Waals surface area contributed by atoms with Crippen molar-refractivity contribution in [1.29, 1.82) is 0 Å². The smallest absolute Gasteiger partial charge is 0.243 e. The summed E-state index contributed by atoms with van der Waals surface area (Å²) >= 11 is 0. The van der Waals surface area contributed by atoms with Crippen LogP contribution in [0.3, 0.4) is 0 Å². The lowest BCUT2D eigenvalue weighted by Gasteiger charge is -2.33. The van der Waals surface area contributed by atoms with Crippen molar-refractivity contribution >= 4 is 17.7 Å². The summed E-state index contributed by atoms with van der Waals surface area (Å²) in [7, 11) is 3.71. The van der Waals surface area contributed by atoms with Crippen LogP contribution < -0.4 is 10.6 Å². The largest absolute Gasteiger partial charge is 0.389 e. The van der Waals surface area contributed by atoms with Crippen LogP contribution in [0.2, 0.25) is 0 Å². The molecule has 2 rings (SSSR count). The number of carbonyl (C=O) groups is 3. The second kappa shape index (κ2) is 19.8. The van der Waals surface area contributed by atoms with E-state index in [2.05, 4.69) is 27.4 Å². The Labute approximate surface area is 264 Å². The Kier molecular flexibility index (Phi) is 16.6. The van der Waals surface area contributed by atoms with Gasteiger partial charge in [0, 0.05) is 39.4 Å². The maximum atomic E-state index is 13.7. The van der Waals surface area contributed by atoms with Crippen molar-refractivity contribution in [2.75, 3.05) is 33.7 Å². The summed E-state index contributed by atoms with van der Waals surface area (Å²) in [5, 5.41) is 27.1. The zero-order chi connectivity index (χ0) is 32.5. The van der Waals surface area contributed by atoms with Crippen molar-refractivity contribution in [3.63, 3.8) is 0 Å². The number of carbonyl (C=O) groups excluding carboxylic acids is 3. The molecule has 1 aliphatic carbocycles. The van der Waals surface area contributed by atoms with E-state index in [1.165, 1.54) is 0 Å². The maximum Gasteiger partial charge on any atom is 0.243 e. The van der Waals surface area contributed by atoms with Crippen LogP contribution in [0.15, 0.2) is 30.3 Å². The van der Waals surface area contributed by atoms with Gasteiger partial charge in [0.25, 0.3) is 0 Å². The molecular formula is C35H52N4O5. The highest BCUT2D eigenvalue weighted by molar-refractivity contribution is 5.91. The summed E-state index contributed by atoms with van der Waals surface area (Å²) in [4.78, 5) is 44.1. The number of nitrogens with one attached hydrogen (secondary N) is 2. The summed E-state index contributed by atoms with van der Waals surface area (Å²) in [6.07, 6.45) is 14.4. The summed E-state index contributed by atoms with van der Waals surface area (Å²) in [6, 6.07) is 7.59. The third-order valence-corrected chi connectivity index (χ3v) is 8.63. The first kappa shape index (κ1) is 36.8. The van der Waals surface area contributed by atoms with Crippen LogP contribution in [0.4, 0.5) is 0 Å². The van der Waals surface area contributed by atoms with Crippen LogP contribution in [0.5, 0.6) is 0 Å². The maximum absolute atomic E-state index is 13.7.